The molecule has 1 aliphatic heterocycles. The number of rotatable bonds is 3. The number of aromatic nitrogens is 1. The quantitative estimate of drug-likeness (QED) is 0.766. The molecule has 0 radical (unpaired) electrons. The summed E-state index contributed by atoms with van der Waals surface area (Å²) >= 11 is 5.96. The minimum atomic E-state index is -0.293. The van der Waals surface area contributed by atoms with E-state index in [2.05, 4.69) is 10.3 Å². The predicted octanol–water partition coefficient (Wildman–Crippen LogP) is 4.51. The molecule has 0 saturated carbocycles. The summed E-state index contributed by atoms with van der Waals surface area (Å²) in [6.45, 7) is 0. The molecule has 2 heterocycles. The van der Waals surface area contributed by atoms with E-state index in [0.29, 0.717) is 10.6 Å². The van der Waals surface area contributed by atoms with E-state index in [1.165, 1.54) is 0 Å². The normalized spacial score (nSPS) is 16.1. The zero-order valence-electron chi connectivity index (χ0n) is 12.7. The Morgan fingerprint density at radius 3 is 2.54 bits per heavy atom. The molecule has 4 rings (SSSR count). The fourth-order valence-electron chi connectivity index (χ4n) is 2.93. The largest absolute Gasteiger partial charge is 0.361 e. The van der Waals surface area contributed by atoms with Crippen LogP contribution in [0.1, 0.15) is 22.1 Å². The summed E-state index contributed by atoms with van der Waals surface area (Å²) in [5.74, 6) is -0.0370. The molecule has 0 saturated heterocycles. The van der Waals surface area contributed by atoms with Crippen molar-refractivity contribution in [2.45, 2.75) is 6.17 Å². The average molecular weight is 336 g/mol. The first kappa shape index (κ1) is 14.7. The Hall–Kier alpha value is -2.85. The highest BCUT2D eigenvalue weighted by atomic mass is 35.5. The van der Waals surface area contributed by atoms with Crippen LogP contribution in [0.4, 0.5) is 11.4 Å². The summed E-state index contributed by atoms with van der Waals surface area (Å²) in [6, 6.07) is 18.8. The second-order valence-corrected chi connectivity index (χ2v) is 5.96. The van der Waals surface area contributed by atoms with Crippen LogP contribution in [0.2, 0.25) is 5.02 Å². The first-order valence-corrected chi connectivity index (χ1v) is 7.96. The van der Waals surface area contributed by atoms with E-state index in [0.717, 1.165) is 16.9 Å². The lowest BCUT2D eigenvalue weighted by Gasteiger charge is -2.26. The van der Waals surface area contributed by atoms with Crippen LogP contribution < -0.4 is 10.2 Å². The number of amides is 1. The number of anilines is 2. The first-order chi connectivity index (χ1) is 11.7. The topological polar surface area (TPSA) is 45.2 Å². The summed E-state index contributed by atoms with van der Waals surface area (Å²) in [5, 5.41) is 4.10. The molecule has 1 aromatic heterocycles. The smallest absolute Gasteiger partial charge is 0.260 e. The molecule has 1 aliphatic rings. The Morgan fingerprint density at radius 2 is 1.79 bits per heavy atom. The average Bonchev–Trinajstić information content (AvgIpc) is 2.90. The highest BCUT2D eigenvalue weighted by Crippen LogP contribution is 2.37. The van der Waals surface area contributed by atoms with E-state index in [1.807, 2.05) is 60.7 Å². The number of hydrogen-bond acceptors (Lipinski definition) is 3. The highest BCUT2D eigenvalue weighted by Gasteiger charge is 2.37. The van der Waals surface area contributed by atoms with E-state index < -0.39 is 0 Å². The van der Waals surface area contributed by atoms with Gasteiger partial charge in [0, 0.05) is 28.0 Å². The van der Waals surface area contributed by atoms with Gasteiger partial charge >= 0.3 is 0 Å². The third-order valence-electron chi connectivity index (χ3n) is 4.03. The van der Waals surface area contributed by atoms with Gasteiger partial charge in [-0.1, -0.05) is 29.8 Å². The molecule has 3 aromatic rings. The van der Waals surface area contributed by atoms with E-state index >= 15 is 0 Å². The van der Waals surface area contributed by atoms with E-state index in [4.69, 9.17) is 11.6 Å². The molecule has 0 bridgehead atoms. The molecule has 5 heteroatoms. The molecule has 1 N–H and O–H groups in total. The van der Waals surface area contributed by atoms with Crippen molar-refractivity contribution in [1.29, 1.82) is 0 Å². The standard InChI is InChI=1S/C19H14ClN3O/c20-13-7-9-14(10-8-13)22-18-16-5-1-2-6-17(16)19(24)23(18)15-4-3-11-21-12-15/h1-12,18,22H. The number of nitrogens with zero attached hydrogens (tertiary/aromatic N) is 2. The number of benzene rings is 2. The van der Waals surface area contributed by atoms with Gasteiger partial charge in [0.05, 0.1) is 11.9 Å². The summed E-state index contributed by atoms with van der Waals surface area (Å²) in [6.07, 6.45) is 3.10. The lowest BCUT2D eigenvalue weighted by Crippen LogP contribution is -2.32. The number of halogens is 1. The SMILES string of the molecule is O=C1c2ccccc2C(Nc2ccc(Cl)cc2)N1c1cccnc1. The van der Waals surface area contributed by atoms with Gasteiger partial charge in [-0.2, -0.15) is 0 Å². The van der Waals surface area contributed by atoms with Crippen LogP contribution in [0, 0.1) is 0 Å². The minimum absolute atomic E-state index is 0.0370. The lowest BCUT2D eigenvalue weighted by molar-refractivity contribution is 0.0993. The number of fused-ring (bicyclic) bond motifs is 1. The molecule has 4 nitrogen and oxygen atoms in total. The van der Waals surface area contributed by atoms with Crippen molar-refractivity contribution in [3.05, 3.63) is 89.2 Å². The van der Waals surface area contributed by atoms with Gasteiger partial charge < -0.3 is 5.32 Å². The fraction of sp³-hybridized carbons (Fsp3) is 0.0526. The zero-order valence-corrected chi connectivity index (χ0v) is 13.4. The molecule has 1 amide bonds. The van der Waals surface area contributed by atoms with Crippen molar-refractivity contribution in [3.8, 4) is 0 Å². The molecule has 0 spiro atoms. The van der Waals surface area contributed by atoms with Crippen molar-refractivity contribution < 1.29 is 4.79 Å². The highest BCUT2D eigenvalue weighted by molar-refractivity contribution is 6.30. The minimum Gasteiger partial charge on any atom is -0.361 e. The Kier molecular flexibility index (Phi) is 3.67. The summed E-state index contributed by atoms with van der Waals surface area (Å²) in [7, 11) is 0. The van der Waals surface area contributed by atoms with Crippen LogP contribution in [-0.4, -0.2) is 10.9 Å². The van der Waals surface area contributed by atoms with Crippen LogP contribution in [0.3, 0.4) is 0 Å². The van der Waals surface area contributed by atoms with Crippen molar-refractivity contribution in [2.75, 3.05) is 10.2 Å². The Balaban J connectivity index is 1.77. The number of nitrogens with one attached hydrogen (secondary N) is 1. The molecule has 118 valence electrons. The second kappa shape index (κ2) is 5.98. The molecular weight excluding hydrogens is 322 g/mol. The number of carbonyl (C=O) groups excluding carboxylic acids is 1. The van der Waals surface area contributed by atoms with Crippen molar-refractivity contribution in [2.24, 2.45) is 0 Å². The van der Waals surface area contributed by atoms with Gasteiger partial charge in [-0.25, -0.2) is 0 Å². The van der Waals surface area contributed by atoms with E-state index in [1.54, 1.807) is 17.3 Å². The third kappa shape index (κ3) is 2.51. The van der Waals surface area contributed by atoms with E-state index in [-0.39, 0.29) is 12.1 Å². The molecule has 0 aliphatic carbocycles. The van der Waals surface area contributed by atoms with Gasteiger partial charge in [0.15, 0.2) is 0 Å². The Labute approximate surface area is 144 Å². The zero-order chi connectivity index (χ0) is 16.5. The molecule has 2 aromatic carbocycles. The fourth-order valence-corrected chi connectivity index (χ4v) is 3.05. The predicted molar refractivity (Wildman–Crippen MR) is 95.3 cm³/mol. The summed E-state index contributed by atoms with van der Waals surface area (Å²) < 4.78 is 0. The maximum atomic E-state index is 12.9. The monoisotopic (exact) mass is 335 g/mol. The lowest BCUT2D eigenvalue weighted by atomic mass is 10.1. The Bertz CT molecular complexity index is 881. The Morgan fingerprint density at radius 1 is 1.00 bits per heavy atom. The van der Waals surface area contributed by atoms with Crippen molar-refractivity contribution in [1.82, 2.24) is 4.98 Å². The number of carbonyl (C=O) groups is 1. The van der Waals surface area contributed by atoms with Gasteiger partial charge in [0.25, 0.3) is 5.91 Å². The molecular formula is C19H14ClN3O. The van der Waals surface area contributed by atoms with Gasteiger partial charge in [-0.3, -0.25) is 14.7 Å². The van der Waals surface area contributed by atoms with Crippen LogP contribution in [0.5, 0.6) is 0 Å². The number of pyridine rings is 1. The summed E-state index contributed by atoms with van der Waals surface area (Å²) in [5.41, 5.74) is 3.29. The first-order valence-electron chi connectivity index (χ1n) is 7.59. The maximum absolute atomic E-state index is 12.9. The molecule has 1 atom stereocenters. The van der Waals surface area contributed by atoms with Crippen molar-refractivity contribution in [3.63, 3.8) is 0 Å². The van der Waals surface area contributed by atoms with E-state index in [9.17, 15) is 4.79 Å². The van der Waals surface area contributed by atoms with Gasteiger partial charge in [0.2, 0.25) is 0 Å². The van der Waals surface area contributed by atoms with Crippen molar-refractivity contribution >= 4 is 28.9 Å². The van der Waals surface area contributed by atoms with Crippen LogP contribution in [0.25, 0.3) is 0 Å². The third-order valence-corrected chi connectivity index (χ3v) is 4.29. The van der Waals surface area contributed by atoms with Gasteiger partial charge in [-0.15, -0.1) is 0 Å². The number of hydrogen-bond donors (Lipinski definition) is 1. The molecule has 0 fully saturated rings. The second-order valence-electron chi connectivity index (χ2n) is 5.53. The van der Waals surface area contributed by atoms with Gasteiger partial charge in [0.1, 0.15) is 6.17 Å². The van der Waals surface area contributed by atoms with Crippen LogP contribution >= 0.6 is 11.6 Å². The van der Waals surface area contributed by atoms with Crippen LogP contribution in [0.15, 0.2) is 73.1 Å². The molecule has 1 unspecified atom stereocenters. The maximum Gasteiger partial charge on any atom is 0.260 e. The molecule has 24 heavy (non-hydrogen) atoms. The summed E-state index contributed by atoms with van der Waals surface area (Å²) in [4.78, 5) is 18.8. The van der Waals surface area contributed by atoms with Crippen LogP contribution in [-0.2, 0) is 0 Å². The van der Waals surface area contributed by atoms with Gasteiger partial charge in [-0.05, 0) is 42.5 Å².